The van der Waals surface area contributed by atoms with Crippen LogP contribution in [0.25, 0.3) is 0 Å². The Labute approximate surface area is 95.4 Å². The highest BCUT2D eigenvalue weighted by Gasteiger charge is 2.07. The Morgan fingerprint density at radius 1 is 1.44 bits per heavy atom. The number of carbonyl (C=O) groups is 1. The molecular weight excluding hydrogens is 207 g/mol. The van der Waals surface area contributed by atoms with E-state index >= 15 is 0 Å². The molecule has 2 nitrogen and oxygen atoms in total. The lowest BCUT2D eigenvalue weighted by molar-refractivity contribution is -0.117. The van der Waals surface area contributed by atoms with E-state index in [0.29, 0.717) is 6.42 Å². The van der Waals surface area contributed by atoms with Crippen molar-refractivity contribution in [2.24, 2.45) is 0 Å². The van der Waals surface area contributed by atoms with Crippen LogP contribution in [0.1, 0.15) is 30.9 Å². The molecule has 0 aliphatic heterocycles. The highest BCUT2D eigenvalue weighted by molar-refractivity contribution is 5.75. The van der Waals surface area contributed by atoms with Gasteiger partial charge in [0.25, 0.3) is 0 Å². The summed E-state index contributed by atoms with van der Waals surface area (Å²) in [7, 11) is 1.45. The van der Waals surface area contributed by atoms with Crippen LogP contribution in [0.4, 0.5) is 4.39 Å². The minimum atomic E-state index is -0.342. The molecule has 16 heavy (non-hydrogen) atoms. The third-order valence-electron chi connectivity index (χ3n) is 2.59. The lowest BCUT2D eigenvalue weighted by Crippen LogP contribution is -1.97. The molecule has 0 fully saturated rings. The molecule has 0 unspecified atom stereocenters. The van der Waals surface area contributed by atoms with Gasteiger partial charge in [-0.3, -0.25) is 0 Å². The van der Waals surface area contributed by atoms with Crippen molar-refractivity contribution in [2.75, 3.05) is 7.11 Å². The molecule has 0 heterocycles. The van der Waals surface area contributed by atoms with Crippen molar-refractivity contribution in [3.05, 3.63) is 29.1 Å². The summed E-state index contributed by atoms with van der Waals surface area (Å²) in [6, 6.07) is 3.19. The number of hydrogen-bond acceptors (Lipinski definition) is 2. The van der Waals surface area contributed by atoms with Crippen LogP contribution in [0.3, 0.4) is 0 Å². The van der Waals surface area contributed by atoms with E-state index in [2.05, 4.69) is 0 Å². The fraction of sp³-hybridized carbons (Fsp3) is 0.462. The quantitative estimate of drug-likeness (QED) is 0.768. The molecule has 88 valence electrons. The number of ether oxygens (including phenoxy) is 1. The Bertz CT molecular complexity index is 386. The molecular formula is C13H17FO2. The van der Waals surface area contributed by atoms with Crippen molar-refractivity contribution in [2.45, 2.75) is 33.1 Å². The number of methoxy groups -OCH3 is 1. The lowest BCUT2D eigenvalue weighted by atomic mass is 10.0. The number of aryl methyl sites for hydroxylation is 2. The van der Waals surface area contributed by atoms with E-state index in [-0.39, 0.29) is 17.3 Å². The summed E-state index contributed by atoms with van der Waals surface area (Å²) in [6.07, 6.45) is 2.04. The molecule has 0 spiro atoms. The van der Waals surface area contributed by atoms with Crippen molar-refractivity contribution < 1.29 is 13.9 Å². The smallest absolute Gasteiger partial charge is 0.165 e. The first-order valence-electron chi connectivity index (χ1n) is 5.37. The summed E-state index contributed by atoms with van der Waals surface area (Å²) in [5.74, 6) is 0.102. The van der Waals surface area contributed by atoms with Gasteiger partial charge in [-0.1, -0.05) is 0 Å². The summed E-state index contributed by atoms with van der Waals surface area (Å²) >= 11 is 0. The van der Waals surface area contributed by atoms with E-state index in [1.807, 2.05) is 6.92 Å². The normalized spacial score (nSPS) is 10.2. The topological polar surface area (TPSA) is 26.3 Å². The SMILES string of the molecule is COc1cc(C)c(CCCC(C)=O)cc1F. The predicted octanol–water partition coefficient (Wildman–Crippen LogP) is 3.05. The monoisotopic (exact) mass is 224 g/mol. The number of Topliss-reactive ketones (excluding diaryl/α,β-unsaturated/α-hetero) is 1. The largest absolute Gasteiger partial charge is 0.494 e. The van der Waals surface area contributed by atoms with Crippen LogP contribution in [0.5, 0.6) is 5.75 Å². The zero-order valence-electron chi connectivity index (χ0n) is 9.97. The second-order valence-corrected chi connectivity index (χ2v) is 3.97. The molecule has 1 aromatic carbocycles. The van der Waals surface area contributed by atoms with Gasteiger partial charge in [0.2, 0.25) is 0 Å². The molecule has 1 rings (SSSR count). The van der Waals surface area contributed by atoms with Gasteiger partial charge in [-0.25, -0.2) is 4.39 Å². The second kappa shape index (κ2) is 5.64. The van der Waals surface area contributed by atoms with Crippen LogP contribution in [-0.2, 0) is 11.2 Å². The molecule has 3 heteroatoms. The average Bonchev–Trinajstić information content (AvgIpc) is 2.22. The van der Waals surface area contributed by atoms with Crippen LogP contribution < -0.4 is 4.74 Å². The molecule has 0 saturated heterocycles. The Morgan fingerprint density at radius 3 is 2.69 bits per heavy atom. The first kappa shape index (κ1) is 12.7. The maximum Gasteiger partial charge on any atom is 0.165 e. The summed E-state index contributed by atoms with van der Waals surface area (Å²) in [6.45, 7) is 3.49. The highest BCUT2D eigenvalue weighted by Crippen LogP contribution is 2.22. The summed E-state index contributed by atoms with van der Waals surface area (Å²) in [5.41, 5.74) is 1.95. The Hall–Kier alpha value is -1.38. The van der Waals surface area contributed by atoms with Gasteiger partial charge in [-0.05, 0) is 49.9 Å². The van der Waals surface area contributed by atoms with E-state index in [1.165, 1.54) is 13.2 Å². The average molecular weight is 224 g/mol. The Morgan fingerprint density at radius 2 is 2.12 bits per heavy atom. The lowest BCUT2D eigenvalue weighted by Gasteiger charge is -2.08. The number of hydrogen-bond donors (Lipinski definition) is 0. The maximum atomic E-state index is 13.4. The van der Waals surface area contributed by atoms with Crippen molar-refractivity contribution >= 4 is 5.78 Å². The Balaban J connectivity index is 2.73. The van der Waals surface area contributed by atoms with Crippen molar-refractivity contribution in [3.8, 4) is 5.75 Å². The van der Waals surface area contributed by atoms with Crippen LogP contribution in [0.15, 0.2) is 12.1 Å². The zero-order chi connectivity index (χ0) is 12.1. The molecule has 0 bridgehead atoms. The summed E-state index contributed by atoms with van der Waals surface area (Å²) < 4.78 is 18.3. The van der Waals surface area contributed by atoms with Crippen LogP contribution in [0.2, 0.25) is 0 Å². The predicted molar refractivity (Wildman–Crippen MR) is 61.3 cm³/mol. The molecule has 0 amide bonds. The van der Waals surface area contributed by atoms with Gasteiger partial charge in [0.1, 0.15) is 5.78 Å². The number of rotatable bonds is 5. The van der Waals surface area contributed by atoms with E-state index in [1.54, 1.807) is 13.0 Å². The van der Waals surface area contributed by atoms with Gasteiger partial charge < -0.3 is 9.53 Å². The molecule has 0 aliphatic rings. The van der Waals surface area contributed by atoms with Crippen molar-refractivity contribution in [1.82, 2.24) is 0 Å². The van der Waals surface area contributed by atoms with Crippen molar-refractivity contribution in [3.63, 3.8) is 0 Å². The van der Waals surface area contributed by atoms with Gasteiger partial charge in [0.15, 0.2) is 11.6 Å². The number of halogens is 1. The second-order valence-electron chi connectivity index (χ2n) is 3.97. The van der Waals surface area contributed by atoms with Gasteiger partial charge in [-0.15, -0.1) is 0 Å². The number of carbonyl (C=O) groups excluding carboxylic acids is 1. The maximum absolute atomic E-state index is 13.4. The molecule has 0 aliphatic carbocycles. The van der Waals surface area contributed by atoms with E-state index in [9.17, 15) is 9.18 Å². The standard InChI is InChI=1S/C13H17FO2/c1-9-7-13(16-3)12(14)8-11(9)6-4-5-10(2)15/h7-8H,4-6H2,1-3H3. The zero-order valence-corrected chi connectivity index (χ0v) is 9.97. The minimum Gasteiger partial charge on any atom is -0.494 e. The molecule has 0 N–H and O–H groups in total. The molecule has 0 atom stereocenters. The third-order valence-corrected chi connectivity index (χ3v) is 2.59. The summed E-state index contributed by atoms with van der Waals surface area (Å²) in [5, 5.41) is 0. The van der Waals surface area contributed by atoms with E-state index < -0.39 is 0 Å². The van der Waals surface area contributed by atoms with Gasteiger partial charge in [-0.2, -0.15) is 0 Å². The minimum absolute atomic E-state index is 0.173. The fourth-order valence-corrected chi connectivity index (χ4v) is 1.65. The molecule has 0 aromatic heterocycles. The van der Waals surface area contributed by atoms with Crippen LogP contribution in [0, 0.1) is 12.7 Å². The highest BCUT2D eigenvalue weighted by atomic mass is 19.1. The first-order chi connectivity index (χ1) is 7.54. The fourth-order valence-electron chi connectivity index (χ4n) is 1.65. The van der Waals surface area contributed by atoms with Crippen LogP contribution >= 0.6 is 0 Å². The van der Waals surface area contributed by atoms with E-state index in [0.717, 1.165) is 24.0 Å². The third kappa shape index (κ3) is 3.33. The Kier molecular flexibility index (Phi) is 4.47. The van der Waals surface area contributed by atoms with Gasteiger partial charge in [0, 0.05) is 6.42 Å². The molecule has 1 aromatic rings. The van der Waals surface area contributed by atoms with E-state index in [4.69, 9.17) is 4.74 Å². The number of ketones is 1. The molecule has 0 saturated carbocycles. The van der Waals surface area contributed by atoms with Crippen LogP contribution in [-0.4, -0.2) is 12.9 Å². The van der Waals surface area contributed by atoms with Crippen molar-refractivity contribution in [1.29, 1.82) is 0 Å². The number of benzene rings is 1. The van der Waals surface area contributed by atoms with Gasteiger partial charge in [0.05, 0.1) is 7.11 Å². The summed E-state index contributed by atoms with van der Waals surface area (Å²) in [4.78, 5) is 10.8. The van der Waals surface area contributed by atoms with Gasteiger partial charge >= 0.3 is 0 Å². The molecule has 0 radical (unpaired) electrons. The first-order valence-corrected chi connectivity index (χ1v) is 5.37.